The molecule has 2 aromatic carbocycles. The molecular formula is C22H21F2NO4. The number of carbonyl (C=O) groups excluding carboxylic acids is 2. The maximum absolute atomic E-state index is 14.6. The van der Waals surface area contributed by atoms with Gasteiger partial charge in [-0.2, -0.15) is 0 Å². The molecule has 0 bridgehead atoms. The molecule has 152 valence electrons. The number of likely N-dealkylation sites (tertiary alicyclic amines) is 1. The van der Waals surface area contributed by atoms with Crippen molar-refractivity contribution in [1.29, 1.82) is 0 Å². The zero-order chi connectivity index (χ0) is 21.1. The first-order valence-electron chi connectivity index (χ1n) is 9.15. The van der Waals surface area contributed by atoms with Crippen LogP contribution in [0.4, 0.5) is 8.78 Å². The average Bonchev–Trinajstić information content (AvgIpc) is 2.95. The van der Waals surface area contributed by atoms with Crippen molar-refractivity contribution in [3.8, 4) is 0 Å². The molecule has 1 heterocycles. The van der Waals surface area contributed by atoms with Gasteiger partial charge in [0.2, 0.25) is 0 Å². The Morgan fingerprint density at radius 3 is 2.52 bits per heavy atom. The van der Waals surface area contributed by atoms with E-state index in [-0.39, 0.29) is 28.8 Å². The maximum Gasteiger partial charge on any atom is 0.295 e. The topological polar surface area (TPSA) is 66.8 Å². The van der Waals surface area contributed by atoms with E-state index in [9.17, 15) is 23.5 Å². The lowest BCUT2D eigenvalue weighted by molar-refractivity contribution is -0.140. The highest BCUT2D eigenvalue weighted by molar-refractivity contribution is 6.46. The highest BCUT2D eigenvalue weighted by atomic mass is 19.1. The van der Waals surface area contributed by atoms with Gasteiger partial charge in [0.15, 0.2) is 0 Å². The highest BCUT2D eigenvalue weighted by Crippen LogP contribution is 2.40. The second-order valence-electron chi connectivity index (χ2n) is 6.82. The van der Waals surface area contributed by atoms with Gasteiger partial charge < -0.3 is 14.7 Å². The molecule has 0 aliphatic carbocycles. The number of hydrogen-bond acceptors (Lipinski definition) is 4. The van der Waals surface area contributed by atoms with E-state index in [4.69, 9.17) is 4.74 Å². The monoisotopic (exact) mass is 401 g/mol. The lowest BCUT2D eigenvalue weighted by Gasteiger charge is -2.25. The van der Waals surface area contributed by atoms with Gasteiger partial charge in [-0.25, -0.2) is 8.78 Å². The highest BCUT2D eigenvalue weighted by Gasteiger charge is 2.46. The first-order valence-corrected chi connectivity index (χ1v) is 9.15. The van der Waals surface area contributed by atoms with E-state index < -0.39 is 35.1 Å². The average molecular weight is 401 g/mol. The molecule has 3 rings (SSSR count). The molecule has 1 atom stereocenters. The van der Waals surface area contributed by atoms with E-state index in [0.29, 0.717) is 13.0 Å². The Morgan fingerprint density at radius 1 is 1.14 bits per heavy atom. The van der Waals surface area contributed by atoms with Crippen LogP contribution in [0.3, 0.4) is 0 Å². The molecule has 0 saturated carbocycles. The van der Waals surface area contributed by atoms with E-state index in [1.807, 2.05) is 0 Å². The predicted molar refractivity (Wildman–Crippen MR) is 103 cm³/mol. The van der Waals surface area contributed by atoms with Crippen molar-refractivity contribution in [2.75, 3.05) is 20.3 Å². The molecule has 1 N–H and O–H groups in total. The molecule has 1 aliphatic heterocycles. The number of aliphatic hydroxyl groups excluding tert-OH is 1. The van der Waals surface area contributed by atoms with Crippen LogP contribution in [-0.4, -0.2) is 42.0 Å². The number of ketones is 1. The smallest absolute Gasteiger partial charge is 0.295 e. The number of ether oxygens (including phenoxy) is 1. The number of hydrogen-bond donors (Lipinski definition) is 1. The number of aryl methyl sites for hydroxylation is 1. The molecule has 1 saturated heterocycles. The number of carbonyl (C=O) groups is 2. The zero-order valence-corrected chi connectivity index (χ0v) is 16.1. The number of halogens is 2. The molecule has 7 heteroatoms. The Hall–Kier alpha value is -3.06. The quantitative estimate of drug-likeness (QED) is 0.347. The largest absolute Gasteiger partial charge is 0.507 e. The van der Waals surface area contributed by atoms with Crippen LogP contribution in [0, 0.1) is 18.6 Å². The van der Waals surface area contributed by atoms with Crippen molar-refractivity contribution in [2.24, 2.45) is 0 Å². The van der Waals surface area contributed by atoms with Gasteiger partial charge in [0, 0.05) is 31.4 Å². The summed E-state index contributed by atoms with van der Waals surface area (Å²) in [5.74, 6) is -3.26. The van der Waals surface area contributed by atoms with Gasteiger partial charge in [0.05, 0.1) is 11.6 Å². The van der Waals surface area contributed by atoms with E-state index in [1.165, 1.54) is 49.3 Å². The van der Waals surface area contributed by atoms with E-state index in [0.717, 1.165) is 6.07 Å². The van der Waals surface area contributed by atoms with Gasteiger partial charge in [-0.3, -0.25) is 9.59 Å². The summed E-state index contributed by atoms with van der Waals surface area (Å²) >= 11 is 0. The summed E-state index contributed by atoms with van der Waals surface area (Å²) in [6, 6.07) is 8.56. The Kier molecular flexibility index (Phi) is 6.08. The second kappa shape index (κ2) is 8.53. The second-order valence-corrected chi connectivity index (χ2v) is 6.82. The van der Waals surface area contributed by atoms with Crippen molar-refractivity contribution in [1.82, 2.24) is 4.90 Å². The Bertz CT molecular complexity index is 987. The first kappa shape index (κ1) is 20.7. The number of nitrogens with zero attached hydrogens (tertiary/aromatic N) is 1. The van der Waals surface area contributed by atoms with Crippen molar-refractivity contribution >= 4 is 17.4 Å². The molecule has 5 nitrogen and oxygen atoms in total. The number of rotatable bonds is 6. The van der Waals surface area contributed by atoms with Crippen LogP contribution in [0.5, 0.6) is 0 Å². The van der Waals surface area contributed by atoms with Crippen LogP contribution in [0.1, 0.15) is 29.2 Å². The summed E-state index contributed by atoms with van der Waals surface area (Å²) in [5, 5.41) is 10.8. The van der Waals surface area contributed by atoms with Gasteiger partial charge in [-0.1, -0.05) is 18.2 Å². The summed E-state index contributed by atoms with van der Waals surface area (Å²) in [4.78, 5) is 26.7. The van der Waals surface area contributed by atoms with Crippen molar-refractivity contribution < 1.29 is 28.2 Å². The SMILES string of the molecule is COCCCN1C(=O)C(=O)/C(=C(/O)c2ccc(F)c(C)c2)C1c1ccccc1F. The summed E-state index contributed by atoms with van der Waals surface area (Å²) in [6.07, 6.45) is 0.435. The normalized spacial score (nSPS) is 18.5. The van der Waals surface area contributed by atoms with Crippen molar-refractivity contribution in [3.05, 3.63) is 76.4 Å². The fourth-order valence-electron chi connectivity index (χ4n) is 3.46. The van der Waals surface area contributed by atoms with E-state index >= 15 is 0 Å². The van der Waals surface area contributed by atoms with Gasteiger partial charge in [0.25, 0.3) is 11.7 Å². The Labute approximate surface area is 167 Å². The zero-order valence-electron chi connectivity index (χ0n) is 16.1. The van der Waals surface area contributed by atoms with Crippen LogP contribution in [-0.2, 0) is 14.3 Å². The Balaban J connectivity index is 2.16. The van der Waals surface area contributed by atoms with Gasteiger partial charge >= 0.3 is 0 Å². The standard InChI is InChI=1S/C22H21F2NO4/c1-13-12-14(8-9-16(13)23)20(26)18-19(15-6-3-4-7-17(15)24)25(10-5-11-29-2)22(28)21(18)27/h3-4,6-9,12,19,26H,5,10-11H2,1-2H3/b20-18+. The molecule has 1 aliphatic rings. The summed E-state index contributed by atoms with van der Waals surface area (Å²) in [6.45, 7) is 2.02. The van der Waals surface area contributed by atoms with Crippen molar-refractivity contribution in [3.63, 3.8) is 0 Å². The third kappa shape index (κ3) is 3.91. The van der Waals surface area contributed by atoms with Crippen LogP contribution >= 0.6 is 0 Å². The lowest BCUT2D eigenvalue weighted by atomic mass is 9.94. The molecule has 1 amide bonds. The molecule has 0 spiro atoms. The fourth-order valence-corrected chi connectivity index (χ4v) is 3.46. The minimum absolute atomic E-state index is 0.101. The van der Waals surface area contributed by atoms with E-state index in [1.54, 1.807) is 6.07 Å². The first-order chi connectivity index (χ1) is 13.9. The van der Waals surface area contributed by atoms with Crippen LogP contribution < -0.4 is 0 Å². The Morgan fingerprint density at radius 2 is 1.86 bits per heavy atom. The molecule has 29 heavy (non-hydrogen) atoms. The summed E-state index contributed by atoms with van der Waals surface area (Å²) in [5.41, 5.74) is 0.332. The molecule has 0 aromatic heterocycles. The molecule has 1 unspecified atom stereocenters. The van der Waals surface area contributed by atoms with Gasteiger partial charge in [-0.15, -0.1) is 0 Å². The number of methoxy groups -OCH3 is 1. The molecule has 2 aromatic rings. The van der Waals surface area contributed by atoms with E-state index in [2.05, 4.69) is 0 Å². The summed E-state index contributed by atoms with van der Waals surface area (Å²) < 4.78 is 33.2. The fraction of sp³-hybridized carbons (Fsp3) is 0.273. The predicted octanol–water partition coefficient (Wildman–Crippen LogP) is 3.73. The lowest BCUT2D eigenvalue weighted by Crippen LogP contribution is -2.31. The number of benzene rings is 2. The van der Waals surface area contributed by atoms with Crippen LogP contribution in [0.15, 0.2) is 48.0 Å². The molecule has 0 radical (unpaired) electrons. The minimum atomic E-state index is -1.08. The van der Waals surface area contributed by atoms with Crippen molar-refractivity contribution in [2.45, 2.75) is 19.4 Å². The molecule has 1 fully saturated rings. The van der Waals surface area contributed by atoms with Gasteiger partial charge in [-0.05, 0) is 43.2 Å². The third-order valence-corrected chi connectivity index (χ3v) is 4.92. The van der Waals surface area contributed by atoms with Crippen LogP contribution in [0.2, 0.25) is 0 Å². The summed E-state index contributed by atoms with van der Waals surface area (Å²) in [7, 11) is 1.51. The number of aliphatic hydroxyl groups is 1. The minimum Gasteiger partial charge on any atom is -0.507 e. The van der Waals surface area contributed by atoms with Gasteiger partial charge in [0.1, 0.15) is 17.4 Å². The molecular weight excluding hydrogens is 380 g/mol. The maximum atomic E-state index is 14.6. The number of amides is 1. The number of Topliss-reactive ketones (excluding diaryl/α,β-unsaturated/α-hetero) is 1. The third-order valence-electron chi connectivity index (χ3n) is 4.92. The van der Waals surface area contributed by atoms with Crippen LogP contribution in [0.25, 0.3) is 5.76 Å².